The minimum atomic E-state index is -0.826. The fraction of sp³-hybridized carbons (Fsp3) is 0.611. The molecule has 6 N–H and O–H groups in total. The number of nitrogens with zero attached hydrogens (tertiary/aromatic N) is 2. The van der Waals surface area contributed by atoms with Crippen LogP contribution in [0.25, 0.3) is 0 Å². The fourth-order valence-electron chi connectivity index (χ4n) is 3.81. The second-order valence-corrected chi connectivity index (χ2v) is 7.15. The van der Waals surface area contributed by atoms with Crippen LogP contribution in [-0.4, -0.2) is 43.0 Å². The molecule has 0 bridgehead atoms. The van der Waals surface area contributed by atoms with Crippen LogP contribution >= 0.6 is 0 Å². The second kappa shape index (κ2) is 8.95. The summed E-state index contributed by atoms with van der Waals surface area (Å²) in [6, 6.07) is -0.905. The number of amides is 1. The SMILES string of the molecule is NC(=O)[C@H](Cc1c[nH]cn1)N[C@@H](CC1CCCCC1)[C@@H](O)c1ncc[nH]1. The highest BCUT2D eigenvalue weighted by Gasteiger charge is 2.30. The summed E-state index contributed by atoms with van der Waals surface area (Å²) in [6.45, 7) is 0. The van der Waals surface area contributed by atoms with Gasteiger partial charge in [-0.3, -0.25) is 10.1 Å². The standard InChI is InChI=1S/C18H28N6O2/c19-17(26)15(9-13-10-20-11-23-13)24-14(8-12-4-2-1-3-5-12)16(25)18-21-6-7-22-18/h6-7,10-12,14-16,24-25H,1-5,8-9H2,(H2,19,26)(H,20,23)(H,21,22)/t14-,15-,16+/m0/s1. The predicted octanol–water partition coefficient (Wildman–Crippen LogP) is 1.19. The van der Waals surface area contributed by atoms with Crippen molar-refractivity contribution in [1.29, 1.82) is 0 Å². The number of H-pyrrole nitrogens is 2. The molecule has 1 amide bonds. The number of aliphatic hydroxyl groups excluding tert-OH is 1. The Morgan fingerprint density at radius 2 is 2.15 bits per heavy atom. The van der Waals surface area contributed by atoms with Gasteiger partial charge in [0.2, 0.25) is 5.91 Å². The Labute approximate surface area is 153 Å². The van der Waals surface area contributed by atoms with Crippen molar-refractivity contribution in [3.63, 3.8) is 0 Å². The summed E-state index contributed by atoms with van der Waals surface area (Å²) >= 11 is 0. The second-order valence-electron chi connectivity index (χ2n) is 7.15. The third-order valence-electron chi connectivity index (χ3n) is 5.22. The van der Waals surface area contributed by atoms with E-state index in [1.807, 2.05) is 0 Å². The Morgan fingerprint density at radius 3 is 2.77 bits per heavy atom. The summed E-state index contributed by atoms with van der Waals surface area (Å²) in [5.41, 5.74) is 6.36. The van der Waals surface area contributed by atoms with E-state index in [9.17, 15) is 9.90 Å². The molecule has 8 nitrogen and oxygen atoms in total. The Kier molecular flexibility index (Phi) is 6.40. The Bertz CT molecular complexity index is 651. The molecule has 0 saturated heterocycles. The van der Waals surface area contributed by atoms with Crippen LogP contribution in [0.2, 0.25) is 0 Å². The maximum absolute atomic E-state index is 12.0. The Morgan fingerprint density at radius 1 is 1.35 bits per heavy atom. The van der Waals surface area contributed by atoms with Crippen LogP contribution in [0.5, 0.6) is 0 Å². The quantitative estimate of drug-likeness (QED) is 0.458. The van der Waals surface area contributed by atoms with Gasteiger partial charge in [0, 0.05) is 31.1 Å². The Balaban J connectivity index is 1.72. The van der Waals surface area contributed by atoms with Gasteiger partial charge in [-0.15, -0.1) is 0 Å². The van der Waals surface area contributed by atoms with Crippen molar-refractivity contribution >= 4 is 5.91 Å². The van der Waals surface area contributed by atoms with Crippen LogP contribution < -0.4 is 11.1 Å². The fourth-order valence-corrected chi connectivity index (χ4v) is 3.81. The van der Waals surface area contributed by atoms with E-state index >= 15 is 0 Å². The van der Waals surface area contributed by atoms with E-state index in [1.165, 1.54) is 19.3 Å². The average molecular weight is 360 g/mol. The third-order valence-corrected chi connectivity index (χ3v) is 5.22. The lowest BCUT2D eigenvalue weighted by molar-refractivity contribution is -0.120. The van der Waals surface area contributed by atoms with Crippen molar-refractivity contribution in [2.75, 3.05) is 0 Å². The van der Waals surface area contributed by atoms with Crippen LogP contribution in [0.3, 0.4) is 0 Å². The lowest BCUT2D eigenvalue weighted by atomic mass is 9.83. The molecule has 0 aliphatic heterocycles. The van der Waals surface area contributed by atoms with Crippen molar-refractivity contribution in [2.45, 2.75) is 63.1 Å². The molecule has 0 unspecified atom stereocenters. The predicted molar refractivity (Wildman–Crippen MR) is 96.9 cm³/mol. The molecule has 2 aromatic heterocycles. The molecule has 142 valence electrons. The minimum Gasteiger partial charge on any atom is -0.384 e. The number of carbonyl (C=O) groups is 1. The number of primary amides is 1. The molecule has 1 saturated carbocycles. The lowest BCUT2D eigenvalue weighted by Gasteiger charge is -2.31. The number of aromatic nitrogens is 4. The smallest absolute Gasteiger partial charge is 0.234 e. The van der Waals surface area contributed by atoms with Gasteiger partial charge in [-0.25, -0.2) is 9.97 Å². The molecule has 2 heterocycles. The molecule has 26 heavy (non-hydrogen) atoms. The lowest BCUT2D eigenvalue weighted by Crippen LogP contribution is -2.50. The van der Waals surface area contributed by atoms with Gasteiger partial charge in [-0.1, -0.05) is 32.1 Å². The van der Waals surface area contributed by atoms with E-state index < -0.39 is 18.1 Å². The topological polar surface area (TPSA) is 133 Å². The van der Waals surface area contributed by atoms with E-state index in [2.05, 4.69) is 25.3 Å². The molecule has 3 atom stereocenters. The molecule has 1 aliphatic rings. The highest BCUT2D eigenvalue weighted by atomic mass is 16.3. The van der Waals surface area contributed by atoms with Gasteiger partial charge in [0.25, 0.3) is 0 Å². The maximum atomic E-state index is 12.0. The minimum absolute atomic E-state index is 0.305. The van der Waals surface area contributed by atoms with Crippen molar-refractivity contribution in [1.82, 2.24) is 25.3 Å². The normalized spacial score (nSPS) is 19.1. The summed E-state index contributed by atoms with van der Waals surface area (Å²) in [5, 5.41) is 14.1. The molecule has 1 fully saturated rings. The molecular weight excluding hydrogens is 332 g/mol. The zero-order valence-electron chi connectivity index (χ0n) is 14.9. The monoisotopic (exact) mass is 360 g/mol. The molecule has 1 aliphatic carbocycles. The number of hydrogen-bond donors (Lipinski definition) is 5. The summed E-state index contributed by atoms with van der Waals surface area (Å²) < 4.78 is 0. The van der Waals surface area contributed by atoms with Gasteiger partial charge in [0.15, 0.2) is 0 Å². The number of aliphatic hydroxyl groups is 1. The van der Waals surface area contributed by atoms with Crippen molar-refractivity contribution in [2.24, 2.45) is 11.7 Å². The summed E-state index contributed by atoms with van der Waals surface area (Å²) in [5.74, 6) is 0.583. The molecule has 0 radical (unpaired) electrons. The molecule has 8 heteroatoms. The van der Waals surface area contributed by atoms with Gasteiger partial charge < -0.3 is 20.8 Å². The summed E-state index contributed by atoms with van der Waals surface area (Å²) in [7, 11) is 0. The van der Waals surface area contributed by atoms with Crippen molar-refractivity contribution in [3.8, 4) is 0 Å². The first-order valence-electron chi connectivity index (χ1n) is 9.34. The highest BCUT2D eigenvalue weighted by Crippen LogP contribution is 2.30. The number of hydrogen-bond acceptors (Lipinski definition) is 5. The first-order chi connectivity index (χ1) is 12.6. The maximum Gasteiger partial charge on any atom is 0.234 e. The summed E-state index contributed by atoms with van der Waals surface area (Å²) in [6.07, 6.45) is 13.0. The van der Waals surface area contributed by atoms with Crippen LogP contribution in [0.1, 0.15) is 56.1 Å². The first kappa shape index (κ1) is 18.6. The van der Waals surface area contributed by atoms with Gasteiger partial charge >= 0.3 is 0 Å². The van der Waals surface area contributed by atoms with E-state index in [0.717, 1.165) is 25.0 Å². The molecular formula is C18H28N6O2. The van der Waals surface area contributed by atoms with Crippen LogP contribution in [0.4, 0.5) is 0 Å². The van der Waals surface area contributed by atoms with Crippen LogP contribution in [0, 0.1) is 5.92 Å². The van der Waals surface area contributed by atoms with Crippen LogP contribution in [-0.2, 0) is 11.2 Å². The Hall–Kier alpha value is -2.19. The van der Waals surface area contributed by atoms with E-state index in [-0.39, 0.29) is 6.04 Å². The number of nitrogens with one attached hydrogen (secondary N) is 3. The number of imidazole rings is 2. The zero-order valence-corrected chi connectivity index (χ0v) is 14.9. The van der Waals surface area contributed by atoms with Crippen molar-refractivity contribution < 1.29 is 9.90 Å². The average Bonchev–Trinajstić information content (AvgIpc) is 3.34. The largest absolute Gasteiger partial charge is 0.384 e. The number of nitrogens with two attached hydrogens (primary N) is 1. The number of aromatic amines is 2. The number of carbonyl (C=O) groups excluding carboxylic acids is 1. The third kappa shape index (κ3) is 4.92. The van der Waals surface area contributed by atoms with E-state index in [0.29, 0.717) is 18.2 Å². The van der Waals surface area contributed by atoms with E-state index in [4.69, 9.17) is 5.73 Å². The molecule has 2 aromatic rings. The van der Waals surface area contributed by atoms with Gasteiger partial charge in [-0.2, -0.15) is 0 Å². The zero-order chi connectivity index (χ0) is 18.4. The molecule has 0 aromatic carbocycles. The van der Waals surface area contributed by atoms with Gasteiger partial charge in [0.1, 0.15) is 11.9 Å². The first-order valence-corrected chi connectivity index (χ1v) is 9.34. The molecule has 3 rings (SSSR count). The van der Waals surface area contributed by atoms with Crippen LogP contribution in [0.15, 0.2) is 24.9 Å². The van der Waals surface area contributed by atoms with Gasteiger partial charge in [0.05, 0.1) is 18.1 Å². The van der Waals surface area contributed by atoms with Gasteiger partial charge in [-0.05, 0) is 12.3 Å². The highest BCUT2D eigenvalue weighted by molar-refractivity contribution is 5.80. The summed E-state index contributed by atoms with van der Waals surface area (Å²) in [4.78, 5) is 26.2. The molecule has 0 spiro atoms. The number of rotatable bonds is 9. The van der Waals surface area contributed by atoms with Crippen molar-refractivity contribution in [3.05, 3.63) is 36.4 Å². The van der Waals surface area contributed by atoms with E-state index in [1.54, 1.807) is 24.9 Å².